The summed E-state index contributed by atoms with van der Waals surface area (Å²) < 4.78 is 12.6. The molecular formula is C11H16FN. The van der Waals surface area contributed by atoms with Crippen LogP contribution in [0.15, 0.2) is 47.5 Å². The molecule has 2 heteroatoms. The summed E-state index contributed by atoms with van der Waals surface area (Å²) in [5, 5.41) is 0. The van der Waals surface area contributed by atoms with Crippen LogP contribution in [0.25, 0.3) is 0 Å². The summed E-state index contributed by atoms with van der Waals surface area (Å²) in [7, 11) is 0. The molecule has 0 bridgehead atoms. The summed E-state index contributed by atoms with van der Waals surface area (Å²) in [6, 6.07) is 0. The minimum Gasteiger partial charge on any atom is -0.405 e. The van der Waals surface area contributed by atoms with E-state index in [1.807, 2.05) is 19.1 Å². The maximum Gasteiger partial charge on any atom is 0.0997 e. The van der Waals surface area contributed by atoms with E-state index in [1.54, 1.807) is 19.1 Å². The first-order valence-electron chi connectivity index (χ1n) is 4.14. The molecule has 13 heavy (non-hydrogen) atoms. The maximum atomic E-state index is 12.6. The SMILES string of the molecule is CC(/C=C\C(C)=C(/C)F)=C\C=C/N. The van der Waals surface area contributed by atoms with E-state index in [4.69, 9.17) is 5.73 Å². The third-order valence-electron chi connectivity index (χ3n) is 1.61. The lowest BCUT2D eigenvalue weighted by Gasteiger charge is -1.92. The van der Waals surface area contributed by atoms with Crippen molar-refractivity contribution in [2.24, 2.45) is 5.73 Å². The molecule has 0 aliphatic heterocycles. The highest BCUT2D eigenvalue weighted by atomic mass is 19.1. The number of hydrogen-bond acceptors (Lipinski definition) is 1. The standard InChI is InChI=1S/C11H16FN/c1-9(5-4-8-13)6-7-10(2)11(3)12/h4-8H,13H2,1-3H3/b7-6-,8-4-,9-5+,11-10+. The summed E-state index contributed by atoms with van der Waals surface area (Å²) in [6.45, 7) is 5.10. The van der Waals surface area contributed by atoms with Gasteiger partial charge in [-0.05, 0) is 38.6 Å². The zero-order chi connectivity index (χ0) is 10.3. The summed E-state index contributed by atoms with van der Waals surface area (Å²) in [4.78, 5) is 0. The average Bonchev–Trinajstić information content (AvgIpc) is 2.10. The molecule has 0 atom stereocenters. The molecule has 0 rings (SSSR count). The molecule has 0 amide bonds. The third kappa shape index (κ3) is 5.91. The van der Waals surface area contributed by atoms with Crippen LogP contribution in [-0.2, 0) is 0 Å². The second kappa shape index (κ2) is 6.23. The van der Waals surface area contributed by atoms with Crippen LogP contribution >= 0.6 is 0 Å². The number of allylic oxidation sites excluding steroid dienone is 7. The van der Waals surface area contributed by atoms with Crippen molar-refractivity contribution >= 4 is 0 Å². The lowest BCUT2D eigenvalue weighted by Crippen LogP contribution is -1.75. The van der Waals surface area contributed by atoms with Crippen molar-refractivity contribution in [3.63, 3.8) is 0 Å². The van der Waals surface area contributed by atoms with Gasteiger partial charge in [-0.25, -0.2) is 4.39 Å². The highest BCUT2D eigenvalue weighted by molar-refractivity contribution is 5.28. The number of rotatable bonds is 3. The fourth-order valence-electron chi connectivity index (χ4n) is 0.634. The second-order valence-corrected chi connectivity index (χ2v) is 2.85. The van der Waals surface area contributed by atoms with E-state index in [0.29, 0.717) is 5.57 Å². The van der Waals surface area contributed by atoms with Crippen LogP contribution in [-0.4, -0.2) is 0 Å². The first kappa shape index (κ1) is 11.7. The van der Waals surface area contributed by atoms with Gasteiger partial charge in [0.05, 0.1) is 5.83 Å². The van der Waals surface area contributed by atoms with E-state index in [0.717, 1.165) is 5.57 Å². The normalized spacial score (nSPS) is 15.5. The molecule has 72 valence electrons. The molecule has 0 aromatic carbocycles. The van der Waals surface area contributed by atoms with E-state index in [9.17, 15) is 4.39 Å². The fourth-order valence-corrected chi connectivity index (χ4v) is 0.634. The monoisotopic (exact) mass is 181 g/mol. The molecule has 0 aliphatic rings. The Labute approximate surface area is 79.1 Å². The highest BCUT2D eigenvalue weighted by Crippen LogP contribution is 2.07. The Hall–Kier alpha value is -1.31. The predicted molar refractivity (Wildman–Crippen MR) is 55.7 cm³/mol. The van der Waals surface area contributed by atoms with Crippen molar-refractivity contribution in [3.05, 3.63) is 47.5 Å². The summed E-state index contributed by atoms with van der Waals surface area (Å²) >= 11 is 0. The molecule has 0 aliphatic carbocycles. The predicted octanol–water partition coefficient (Wildman–Crippen LogP) is 3.22. The van der Waals surface area contributed by atoms with Gasteiger partial charge >= 0.3 is 0 Å². The maximum absolute atomic E-state index is 12.6. The zero-order valence-corrected chi connectivity index (χ0v) is 8.34. The van der Waals surface area contributed by atoms with Crippen LogP contribution in [0.2, 0.25) is 0 Å². The molecule has 0 saturated carbocycles. The molecule has 0 unspecified atom stereocenters. The van der Waals surface area contributed by atoms with Crippen molar-refractivity contribution in [2.75, 3.05) is 0 Å². The summed E-state index contributed by atoms with van der Waals surface area (Å²) in [5.74, 6) is -0.154. The first-order chi connectivity index (χ1) is 6.07. The second-order valence-electron chi connectivity index (χ2n) is 2.85. The molecule has 0 saturated heterocycles. The van der Waals surface area contributed by atoms with E-state index in [-0.39, 0.29) is 5.83 Å². The van der Waals surface area contributed by atoms with Crippen molar-refractivity contribution in [1.82, 2.24) is 0 Å². The first-order valence-corrected chi connectivity index (χ1v) is 4.14. The Morgan fingerprint density at radius 2 is 1.77 bits per heavy atom. The van der Waals surface area contributed by atoms with Crippen LogP contribution in [0, 0.1) is 0 Å². The van der Waals surface area contributed by atoms with Gasteiger partial charge in [0.15, 0.2) is 0 Å². The van der Waals surface area contributed by atoms with Crippen molar-refractivity contribution in [3.8, 4) is 0 Å². The summed E-state index contributed by atoms with van der Waals surface area (Å²) in [6.07, 6.45) is 8.64. The lowest BCUT2D eigenvalue weighted by atomic mass is 10.2. The van der Waals surface area contributed by atoms with Gasteiger partial charge in [0.25, 0.3) is 0 Å². The van der Waals surface area contributed by atoms with Crippen molar-refractivity contribution in [1.29, 1.82) is 0 Å². The minimum absolute atomic E-state index is 0.154. The van der Waals surface area contributed by atoms with Crippen LogP contribution in [0.4, 0.5) is 4.39 Å². The van der Waals surface area contributed by atoms with Crippen LogP contribution in [0.1, 0.15) is 20.8 Å². The Bertz CT molecular complexity index is 266. The number of hydrogen-bond donors (Lipinski definition) is 1. The van der Waals surface area contributed by atoms with Crippen molar-refractivity contribution in [2.45, 2.75) is 20.8 Å². The Morgan fingerprint density at radius 1 is 1.15 bits per heavy atom. The number of halogens is 1. The zero-order valence-electron chi connectivity index (χ0n) is 8.34. The molecule has 0 spiro atoms. The molecule has 0 heterocycles. The lowest BCUT2D eigenvalue weighted by molar-refractivity contribution is 0.631. The molecule has 2 N–H and O–H groups in total. The fraction of sp³-hybridized carbons (Fsp3) is 0.273. The molecule has 0 fully saturated rings. The minimum atomic E-state index is -0.154. The number of nitrogens with two attached hydrogens (primary N) is 1. The highest BCUT2D eigenvalue weighted by Gasteiger charge is 1.88. The van der Waals surface area contributed by atoms with Gasteiger partial charge in [0.1, 0.15) is 0 Å². The van der Waals surface area contributed by atoms with Gasteiger partial charge in [-0.3, -0.25) is 0 Å². The van der Waals surface area contributed by atoms with Gasteiger partial charge in [-0.2, -0.15) is 0 Å². The summed E-state index contributed by atoms with van der Waals surface area (Å²) in [5.41, 5.74) is 6.84. The van der Waals surface area contributed by atoms with E-state index >= 15 is 0 Å². The smallest absolute Gasteiger partial charge is 0.0997 e. The van der Waals surface area contributed by atoms with Crippen LogP contribution < -0.4 is 5.73 Å². The van der Waals surface area contributed by atoms with E-state index in [1.165, 1.54) is 13.1 Å². The van der Waals surface area contributed by atoms with Gasteiger partial charge in [-0.1, -0.05) is 23.8 Å². The molecule has 0 aromatic heterocycles. The Balaban J connectivity index is 4.37. The van der Waals surface area contributed by atoms with Gasteiger partial charge in [-0.15, -0.1) is 0 Å². The Kier molecular flexibility index (Phi) is 5.60. The topological polar surface area (TPSA) is 26.0 Å². The van der Waals surface area contributed by atoms with E-state index < -0.39 is 0 Å². The average molecular weight is 181 g/mol. The molecule has 0 radical (unpaired) electrons. The quantitative estimate of drug-likeness (QED) is 0.665. The van der Waals surface area contributed by atoms with Crippen LogP contribution in [0.3, 0.4) is 0 Å². The molecule has 1 nitrogen and oxygen atoms in total. The van der Waals surface area contributed by atoms with Crippen LogP contribution in [0.5, 0.6) is 0 Å². The third-order valence-corrected chi connectivity index (χ3v) is 1.61. The van der Waals surface area contributed by atoms with Gasteiger partial charge < -0.3 is 5.73 Å². The van der Waals surface area contributed by atoms with Gasteiger partial charge in [0.2, 0.25) is 0 Å². The Morgan fingerprint density at radius 3 is 2.23 bits per heavy atom. The largest absolute Gasteiger partial charge is 0.405 e. The molecule has 0 aromatic rings. The molecular weight excluding hydrogens is 165 g/mol. The van der Waals surface area contributed by atoms with Crippen molar-refractivity contribution < 1.29 is 4.39 Å². The van der Waals surface area contributed by atoms with Gasteiger partial charge in [0, 0.05) is 0 Å². The van der Waals surface area contributed by atoms with E-state index in [2.05, 4.69) is 0 Å².